The molecule has 0 atom stereocenters. The molecule has 9 heteroatoms. The van der Waals surface area contributed by atoms with Crippen LogP contribution in [0.25, 0.3) is 11.3 Å². The van der Waals surface area contributed by atoms with Crippen LogP contribution < -0.4 is 5.32 Å². The minimum atomic E-state index is -0.397. The summed E-state index contributed by atoms with van der Waals surface area (Å²) in [5.74, 6) is 2.06. The van der Waals surface area contributed by atoms with E-state index in [2.05, 4.69) is 25.2 Å². The van der Waals surface area contributed by atoms with Gasteiger partial charge in [-0.05, 0) is 25.0 Å². The van der Waals surface area contributed by atoms with Gasteiger partial charge < -0.3 is 9.88 Å². The highest BCUT2D eigenvalue weighted by atomic mass is 16.6. The third-order valence-electron chi connectivity index (χ3n) is 5.04. The van der Waals surface area contributed by atoms with Gasteiger partial charge in [0.15, 0.2) is 0 Å². The van der Waals surface area contributed by atoms with Crippen molar-refractivity contribution in [1.82, 2.24) is 29.9 Å². The zero-order valence-electron chi connectivity index (χ0n) is 15.8. The molecule has 1 aromatic carbocycles. The SMILES string of the molecule is Cn1cc(CNCc2nnc3n2CCCCC3)c(-c2ccc([N+](=O)[O-])cc2)n1. The van der Waals surface area contributed by atoms with E-state index in [4.69, 9.17) is 0 Å². The molecule has 0 saturated carbocycles. The van der Waals surface area contributed by atoms with Gasteiger partial charge in [0.25, 0.3) is 5.69 Å². The van der Waals surface area contributed by atoms with Crippen molar-refractivity contribution in [2.24, 2.45) is 7.05 Å². The van der Waals surface area contributed by atoms with Gasteiger partial charge in [0.1, 0.15) is 11.6 Å². The molecule has 0 saturated heterocycles. The van der Waals surface area contributed by atoms with Crippen LogP contribution >= 0.6 is 0 Å². The minimum Gasteiger partial charge on any atom is -0.314 e. The van der Waals surface area contributed by atoms with Crippen LogP contribution in [0.3, 0.4) is 0 Å². The number of aryl methyl sites for hydroxylation is 2. The maximum Gasteiger partial charge on any atom is 0.269 e. The number of nitro groups is 1. The normalized spacial score (nSPS) is 13.9. The monoisotopic (exact) mass is 381 g/mol. The van der Waals surface area contributed by atoms with Gasteiger partial charge >= 0.3 is 0 Å². The van der Waals surface area contributed by atoms with E-state index in [1.54, 1.807) is 16.8 Å². The second-order valence-corrected chi connectivity index (χ2v) is 7.08. The molecule has 0 radical (unpaired) electrons. The Morgan fingerprint density at radius 3 is 2.75 bits per heavy atom. The molecule has 3 aromatic rings. The number of aromatic nitrogens is 5. The molecule has 4 rings (SSSR count). The fourth-order valence-electron chi connectivity index (χ4n) is 3.64. The second kappa shape index (κ2) is 7.89. The third-order valence-corrected chi connectivity index (χ3v) is 5.04. The van der Waals surface area contributed by atoms with Crippen molar-refractivity contribution in [1.29, 1.82) is 0 Å². The Bertz CT molecular complexity index is 975. The van der Waals surface area contributed by atoms with Gasteiger partial charge in [-0.3, -0.25) is 14.8 Å². The van der Waals surface area contributed by atoms with Gasteiger partial charge in [-0.2, -0.15) is 5.10 Å². The van der Waals surface area contributed by atoms with Crippen LogP contribution in [-0.2, 0) is 33.1 Å². The highest BCUT2D eigenvalue weighted by Crippen LogP contribution is 2.24. The summed E-state index contributed by atoms with van der Waals surface area (Å²) in [5.41, 5.74) is 2.79. The van der Waals surface area contributed by atoms with Crippen LogP contribution in [0.5, 0.6) is 0 Å². The summed E-state index contributed by atoms with van der Waals surface area (Å²) >= 11 is 0. The summed E-state index contributed by atoms with van der Waals surface area (Å²) in [4.78, 5) is 10.5. The molecule has 0 aliphatic carbocycles. The number of non-ortho nitro benzene ring substituents is 1. The lowest BCUT2D eigenvalue weighted by Gasteiger charge is -2.08. The van der Waals surface area contributed by atoms with Crippen molar-refractivity contribution >= 4 is 5.69 Å². The molecule has 146 valence electrons. The first-order valence-electron chi connectivity index (χ1n) is 9.51. The fraction of sp³-hybridized carbons (Fsp3) is 0.421. The predicted octanol–water partition coefficient (Wildman–Crippen LogP) is 2.60. The Morgan fingerprint density at radius 1 is 1.14 bits per heavy atom. The molecule has 1 aliphatic rings. The van der Waals surface area contributed by atoms with Gasteiger partial charge in [-0.15, -0.1) is 10.2 Å². The summed E-state index contributed by atoms with van der Waals surface area (Å²) in [6.45, 7) is 2.25. The minimum absolute atomic E-state index is 0.0758. The Morgan fingerprint density at radius 2 is 1.96 bits per heavy atom. The summed E-state index contributed by atoms with van der Waals surface area (Å²) in [6, 6.07) is 6.49. The summed E-state index contributed by atoms with van der Waals surface area (Å²) in [5, 5.41) is 27.5. The largest absolute Gasteiger partial charge is 0.314 e. The average molecular weight is 381 g/mol. The van der Waals surface area contributed by atoms with Crippen LogP contribution in [0, 0.1) is 10.1 Å². The molecule has 28 heavy (non-hydrogen) atoms. The Balaban J connectivity index is 1.46. The first kappa shape index (κ1) is 18.3. The van der Waals surface area contributed by atoms with E-state index in [1.807, 2.05) is 13.2 Å². The smallest absolute Gasteiger partial charge is 0.269 e. The van der Waals surface area contributed by atoms with E-state index in [0.29, 0.717) is 13.1 Å². The van der Waals surface area contributed by atoms with Gasteiger partial charge in [-0.1, -0.05) is 6.42 Å². The third kappa shape index (κ3) is 3.79. The molecule has 0 bridgehead atoms. The summed E-state index contributed by atoms with van der Waals surface area (Å²) < 4.78 is 4.00. The number of fused-ring (bicyclic) bond motifs is 1. The number of hydrogen-bond acceptors (Lipinski definition) is 6. The van der Waals surface area contributed by atoms with Crippen molar-refractivity contribution in [3.63, 3.8) is 0 Å². The molecular weight excluding hydrogens is 358 g/mol. The van der Waals surface area contributed by atoms with Crippen molar-refractivity contribution in [2.45, 2.75) is 45.3 Å². The Labute approximate surface area is 162 Å². The Hall–Kier alpha value is -3.07. The van der Waals surface area contributed by atoms with Crippen LogP contribution in [0.1, 0.15) is 36.5 Å². The number of nitrogens with one attached hydrogen (secondary N) is 1. The van der Waals surface area contributed by atoms with E-state index in [-0.39, 0.29) is 5.69 Å². The van der Waals surface area contributed by atoms with Gasteiger partial charge in [0, 0.05) is 56.0 Å². The first-order valence-corrected chi connectivity index (χ1v) is 9.51. The summed E-state index contributed by atoms with van der Waals surface area (Å²) in [6.07, 6.45) is 6.56. The zero-order valence-corrected chi connectivity index (χ0v) is 15.8. The van der Waals surface area contributed by atoms with Crippen molar-refractivity contribution in [2.75, 3.05) is 0 Å². The maximum absolute atomic E-state index is 10.9. The molecule has 9 nitrogen and oxygen atoms in total. The van der Waals surface area contributed by atoms with Crippen molar-refractivity contribution in [3.8, 4) is 11.3 Å². The molecule has 3 heterocycles. The Kier molecular flexibility index (Phi) is 5.16. The number of nitrogens with zero attached hydrogens (tertiary/aromatic N) is 6. The first-order chi connectivity index (χ1) is 13.6. The number of rotatable bonds is 6. The van der Waals surface area contributed by atoms with E-state index in [9.17, 15) is 10.1 Å². The van der Waals surface area contributed by atoms with Crippen molar-refractivity contribution < 1.29 is 4.92 Å². The van der Waals surface area contributed by atoms with Crippen molar-refractivity contribution in [3.05, 3.63) is 57.8 Å². The van der Waals surface area contributed by atoms with E-state index < -0.39 is 4.92 Å². The molecule has 1 N–H and O–H groups in total. The van der Waals surface area contributed by atoms with Crippen LogP contribution in [0.4, 0.5) is 5.69 Å². The molecular formula is C19H23N7O2. The van der Waals surface area contributed by atoms with E-state index >= 15 is 0 Å². The molecule has 0 fully saturated rings. The van der Waals surface area contributed by atoms with Gasteiger partial charge in [-0.25, -0.2) is 0 Å². The zero-order chi connectivity index (χ0) is 19.5. The highest BCUT2D eigenvalue weighted by molar-refractivity contribution is 5.64. The number of hydrogen-bond donors (Lipinski definition) is 1. The standard InChI is InChI=1S/C19H23N7O2/c1-24-13-15(19(23-24)14-6-8-16(9-7-14)26(27)28)11-20-12-18-22-21-17-5-3-2-4-10-25(17)18/h6-9,13,20H,2-5,10-12H2,1H3. The maximum atomic E-state index is 10.9. The van der Waals surface area contributed by atoms with Gasteiger partial charge in [0.2, 0.25) is 0 Å². The molecule has 1 aliphatic heterocycles. The molecule has 0 spiro atoms. The lowest BCUT2D eigenvalue weighted by molar-refractivity contribution is -0.384. The number of nitro benzene ring substituents is 1. The average Bonchev–Trinajstić information content (AvgIpc) is 3.16. The fourth-order valence-corrected chi connectivity index (χ4v) is 3.64. The van der Waals surface area contributed by atoms with Crippen LogP contribution in [0.2, 0.25) is 0 Å². The highest BCUT2D eigenvalue weighted by Gasteiger charge is 2.15. The van der Waals surface area contributed by atoms with E-state index in [1.165, 1.54) is 31.4 Å². The lowest BCUT2D eigenvalue weighted by atomic mass is 10.1. The van der Waals surface area contributed by atoms with Crippen LogP contribution in [0.15, 0.2) is 30.5 Å². The predicted molar refractivity (Wildman–Crippen MR) is 103 cm³/mol. The topological polar surface area (TPSA) is 104 Å². The second-order valence-electron chi connectivity index (χ2n) is 7.08. The molecule has 0 unspecified atom stereocenters. The molecule has 2 aromatic heterocycles. The molecule has 0 amide bonds. The van der Waals surface area contributed by atoms with Crippen LogP contribution in [-0.4, -0.2) is 29.5 Å². The quantitative estimate of drug-likeness (QED) is 0.520. The lowest BCUT2D eigenvalue weighted by Crippen LogP contribution is -2.17. The summed E-state index contributed by atoms with van der Waals surface area (Å²) in [7, 11) is 1.87. The number of benzene rings is 1. The van der Waals surface area contributed by atoms with E-state index in [0.717, 1.165) is 41.4 Å². The van der Waals surface area contributed by atoms with Gasteiger partial charge in [0.05, 0.1) is 17.2 Å².